The second-order valence-corrected chi connectivity index (χ2v) is 3.74. The second kappa shape index (κ2) is 5.61. The molecule has 0 bridgehead atoms. The van der Waals surface area contributed by atoms with Crippen LogP contribution in [0.25, 0.3) is 0 Å². The van der Waals surface area contributed by atoms with E-state index in [1.54, 1.807) is 12.1 Å². The normalized spacial score (nSPS) is 17.5. The number of carbonyl (C=O) groups excluding carboxylic acids is 1. The van der Waals surface area contributed by atoms with E-state index in [4.69, 9.17) is 14.2 Å². The first-order valence-corrected chi connectivity index (χ1v) is 5.40. The standard InChI is InChI=1S/C13H14O4/c1-2-13(14)17-11-5-3-10(4-6-11)7-15-8-12-9-16-12/h2-6,12H,1,7-9H2. The molecule has 0 saturated carbocycles. The van der Waals surface area contributed by atoms with Crippen molar-refractivity contribution < 1.29 is 19.0 Å². The molecule has 1 aliphatic rings. The van der Waals surface area contributed by atoms with E-state index in [9.17, 15) is 4.79 Å². The SMILES string of the molecule is C=CC(=O)Oc1ccc(COCC2CO2)cc1. The number of ether oxygens (including phenoxy) is 3. The van der Waals surface area contributed by atoms with Crippen LogP contribution in [-0.4, -0.2) is 25.3 Å². The van der Waals surface area contributed by atoms with Gasteiger partial charge in [0.2, 0.25) is 0 Å². The van der Waals surface area contributed by atoms with Crippen molar-refractivity contribution in [1.29, 1.82) is 0 Å². The summed E-state index contributed by atoms with van der Waals surface area (Å²) in [7, 11) is 0. The monoisotopic (exact) mass is 234 g/mol. The lowest BCUT2D eigenvalue weighted by Crippen LogP contribution is -2.03. The Bertz CT molecular complexity index is 392. The van der Waals surface area contributed by atoms with Crippen LogP contribution < -0.4 is 4.74 Å². The van der Waals surface area contributed by atoms with Crippen molar-refractivity contribution in [2.75, 3.05) is 13.2 Å². The third-order valence-corrected chi connectivity index (χ3v) is 2.28. The maximum atomic E-state index is 10.9. The molecule has 1 unspecified atom stereocenters. The van der Waals surface area contributed by atoms with Gasteiger partial charge < -0.3 is 14.2 Å². The summed E-state index contributed by atoms with van der Waals surface area (Å²) in [6.07, 6.45) is 1.41. The first-order chi connectivity index (χ1) is 8.28. The maximum absolute atomic E-state index is 10.9. The van der Waals surface area contributed by atoms with Crippen LogP contribution in [0.15, 0.2) is 36.9 Å². The van der Waals surface area contributed by atoms with Crippen LogP contribution in [0.5, 0.6) is 5.75 Å². The van der Waals surface area contributed by atoms with E-state index in [-0.39, 0.29) is 6.10 Å². The van der Waals surface area contributed by atoms with Gasteiger partial charge in [0.1, 0.15) is 11.9 Å². The first-order valence-electron chi connectivity index (χ1n) is 5.40. The number of esters is 1. The number of benzene rings is 1. The zero-order valence-electron chi connectivity index (χ0n) is 9.43. The fourth-order valence-electron chi connectivity index (χ4n) is 1.28. The summed E-state index contributed by atoms with van der Waals surface area (Å²) in [5.74, 6) is 0.0454. The van der Waals surface area contributed by atoms with Gasteiger partial charge in [-0.05, 0) is 17.7 Å². The van der Waals surface area contributed by atoms with E-state index in [2.05, 4.69) is 6.58 Å². The zero-order valence-corrected chi connectivity index (χ0v) is 9.43. The van der Waals surface area contributed by atoms with Crippen LogP contribution in [0.1, 0.15) is 5.56 Å². The maximum Gasteiger partial charge on any atom is 0.335 e. The molecule has 1 fully saturated rings. The van der Waals surface area contributed by atoms with Crippen LogP contribution in [0, 0.1) is 0 Å². The summed E-state index contributed by atoms with van der Waals surface area (Å²) in [4.78, 5) is 10.9. The van der Waals surface area contributed by atoms with Crippen LogP contribution in [0.2, 0.25) is 0 Å². The van der Waals surface area contributed by atoms with Gasteiger partial charge in [-0.25, -0.2) is 4.79 Å². The first kappa shape index (κ1) is 11.8. The fourth-order valence-corrected chi connectivity index (χ4v) is 1.28. The molecule has 0 spiro atoms. The van der Waals surface area contributed by atoms with Gasteiger partial charge in [0.25, 0.3) is 0 Å². The highest BCUT2D eigenvalue weighted by atomic mass is 16.6. The van der Waals surface area contributed by atoms with Crippen molar-refractivity contribution in [3.8, 4) is 5.75 Å². The number of hydrogen-bond donors (Lipinski definition) is 0. The molecule has 1 aromatic carbocycles. The minimum atomic E-state index is -0.458. The van der Waals surface area contributed by atoms with Crippen molar-refractivity contribution in [2.24, 2.45) is 0 Å². The summed E-state index contributed by atoms with van der Waals surface area (Å²) >= 11 is 0. The second-order valence-electron chi connectivity index (χ2n) is 3.74. The van der Waals surface area contributed by atoms with Crippen LogP contribution >= 0.6 is 0 Å². The molecule has 0 N–H and O–H groups in total. The summed E-state index contributed by atoms with van der Waals surface area (Å²) < 4.78 is 15.4. The molecule has 1 aliphatic heterocycles. The Kier molecular flexibility index (Phi) is 3.90. The van der Waals surface area contributed by atoms with Crippen molar-refractivity contribution in [1.82, 2.24) is 0 Å². The number of carbonyl (C=O) groups is 1. The number of epoxide rings is 1. The predicted molar refractivity (Wildman–Crippen MR) is 61.7 cm³/mol. The summed E-state index contributed by atoms with van der Waals surface area (Å²) in [5.41, 5.74) is 1.03. The Morgan fingerprint density at radius 1 is 1.47 bits per heavy atom. The third-order valence-electron chi connectivity index (χ3n) is 2.28. The Morgan fingerprint density at radius 3 is 2.76 bits per heavy atom. The van der Waals surface area contributed by atoms with Gasteiger partial charge in [-0.3, -0.25) is 0 Å². The lowest BCUT2D eigenvalue weighted by atomic mass is 10.2. The van der Waals surface area contributed by atoms with Gasteiger partial charge in [-0.2, -0.15) is 0 Å². The minimum absolute atomic E-state index is 0.280. The lowest BCUT2D eigenvalue weighted by molar-refractivity contribution is -0.128. The number of hydrogen-bond acceptors (Lipinski definition) is 4. The Hall–Kier alpha value is -1.65. The molecule has 0 amide bonds. The average molecular weight is 234 g/mol. The van der Waals surface area contributed by atoms with Gasteiger partial charge in [0, 0.05) is 6.08 Å². The third kappa shape index (κ3) is 4.01. The lowest BCUT2D eigenvalue weighted by Gasteiger charge is -2.04. The summed E-state index contributed by atoms with van der Waals surface area (Å²) in [6.45, 7) is 5.30. The molecular weight excluding hydrogens is 220 g/mol. The largest absolute Gasteiger partial charge is 0.423 e. The fraction of sp³-hybridized carbons (Fsp3) is 0.308. The van der Waals surface area contributed by atoms with E-state index in [0.717, 1.165) is 18.2 Å². The quantitative estimate of drug-likeness (QED) is 0.325. The Balaban J connectivity index is 1.79. The molecule has 1 aromatic rings. The topological polar surface area (TPSA) is 48.1 Å². The molecule has 90 valence electrons. The molecule has 1 saturated heterocycles. The summed E-state index contributed by atoms with van der Waals surface area (Å²) in [6, 6.07) is 7.18. The smallest absolute Gasteiger partial charge is 0.335 e. The van der Waals surface area contributed by atoms with E-state index in [1.807, 2.05) is 12.1 Å². The van der Waals surface area contributed by atoms with Gasteiger partial charge in [0.15, 0.2) is 0 Å². The van der Waals surface area contributed by atoms with Gasteiger partial charge in [0.05, 0.1) is 19.8 Å². The molecule has 4 heteroatoms. The summed E-state index contributed by atoms with van der Waals surface area (Å²) in [5, 5.41) is 0. The van der Waals surface area contributed by atoms with E-state index < -0.39 is 5.97 Å². The van der Waals surface area contributed by atoms with Gasteiger partial charge >= 0.3 is 5.97 Å². The predicted octanol–water partition coefficient (Wildman–Crippen LogP) is 1.69. The highest BCUT2D eigenvalue weighted by Gasteiger charge is 2.22. The Labute approximate surface area is 99.8 Å². The molecule has 0 radical (unpaired) electrons. The van der Waals surface area contributed by atoms with Crippen LogP contribution in [-0.2, 0) is 20.9 Å². The van der Waals surface area contributed by atoms with Crippen molar-refractivity contribution in [2.45, 2.75) is 12.7 Å². The highest BCUT2D eigenvalue weighted by Crippen LogP contribution is 2.14. The Morgan fingerprint density at radius 2 is 2.18 bits per heavy atom. The number of rotatable bonds is 6. The van der Waals surface area contributed by atoms with Gasteiger partial charge in [-0.1, -0.05) is 18.7 Å². The van der Waals surface area contributed by atoms with E-state index in [1.165, 1.54) is 0 Å². The van der Waals surface area contributed by atoms with Gasteiger partial charge in [-0.15, -0.1) is 0 Å². The molecule has 17 heavy (non-hydrogen) atoms. The van der Waals surface area contributed by atoms with Crippen molar-refractivity contribution in [3.05, 3.63) is 42.5 Å². The van der Waals surface area contributed by atoms with Crippen molar-refractivity contribution in [3.63, 3.8) is 0 Å². The molecule has 4 nitrogen and oxygen atoms in total. The molecule has 1 heterocycles. The molecule has 0 aliphatic carbocycles. The molecule has 0 aromatic heterocycles. The molecule has 2 rings (SSSR count). The molecule has 1 atom stereocenters. The van der Waals surface area contributed by atoms with Crippen LogP contribution in [0.4, 0.5) is 0 Å². The van der Waals surface area contributed by atoms with Crippen molar-refractivity contribution >= 4 is 5.97 Å². The molecular formula is C13H14O4. The van der Waals surface area contributed by atoms with Crippen LogP contribution in [0.3, 0.4) is 0 Å². The van der Waals surface area contributed by atoms with E-state index >= 15 is 0 Å². The highest BCUT2D eigenvalue weighted by molar-refractivity contribution is 5.83. The zero-order chi connectivity index (χ0) is 12.1. The average Bonchev–Trinajstić information content (AvgIpc) is 3.15. The minimum Gasteiger partial charge on any atom is -0.423 e. The van der Waals surface area contributed by atoms with E-state index in [0.29, 0.717) is 19.0 Å².